The van der Waals surface area contributed by atoms with Gasteiger partial charge >= 0.3 is 12.6 Å². The SMILES string of the molecule is Cc1ccc(Nc2cc(OC(F)F)ccc2C(=O)O)c(C)c1. The van der Waals surface area contributed by atoms with E-state index in [0.717, 1.165) is 11.1 Å². The molecule has 6 heteroatoms. The van der Waals surface area contributed by atoms with Crippen molar-refractivity contribution in [3.63, 3.8) is 0 Å². The standard InChI is InChI=1S/C16H15F2NO3/c1-9-3-6-13(10(2)7-9)19-14-8-11(22-16(17)18)4-5-12(14)15(20)21/h3-8,16,19H,1-2H3,(H,20,21). The first-order valence-corrected chi connectivity index (χ1v) is 6.53. The Bertz CT molecular complexity index is 702. The molecule has 0 aliphatic rings. The van der Waals surface area contributed by atoms with Crippen LogP contribution in [0.25, 0.3) is 0 Å². The highest BCUT2D eigenvalue weighted by Gasteiger charge is 2.14. The second-order valence-electron chi connectivity index (χ2n) is 4.83. The second-order valence-corrected chi connectivity index (χ2v) is 4.83. The molecule has 0 bridgehead atoms. The minimum atomic E-state index is -2.97. The van der Waals surface area contributed by atoms with E-state index in [1.54, 1.807) is 6.07 Å². The molecule has 0 spiro atoms. The van der Waals surface area contributed by atoms with Crippen LogP contribution in [-0.4, -0.2) is 17.7 Å². The number of carboxylic acid groups (broad SMARTS) is 1. The molecule has 116 valence electrons. The maximum Gasteiger partial charge on any atom is 0.387 e. The molecule has 4 nitrogen and oxygen atoms in total. The lowest BCUT2D eigenvalue weighted by Gasteiger charge is -2.14. The molecule has 0 saturated carbocycles. The summed E-state index contributed by atoms with van der Waals surface area (Å²) in [5, 5.41) is 12.2. The molecular formula is C16H15F2NO3. The van der Waals surface area contributed by atoms with Crippen molar-refractivity contribution in [2.75, 3.05) is 5.32 Å². The Kier molecular flexibility index (Phi) is 4.60. The van der Waals surface area contributed by atoms with Crippen molar-refractivity contribution in [3.8, 4) is 5.75 Å². The maximum absolute atomic E-state index is 12.3. The largest absolute Gasteiger partial charge is 0.478 e. The van der Waals surface area contributed by atoms with Crippen LogP contribution in [0, 0.1) is 13.8 Å². The van der Waals surface area contributed by atoms with Crippen molar-refractivity contribution in [1.82, 2.24) is 0 Å². The predicted octanol–water partition coefficient (Wildman–Crippen LogP) is 4.35. The van der Waals surface area contributed by atoms with Crippen LogP contribution in [0.15, 0.2) is 36.4 Å². The van der Waals surface area contributed by atoms with E-state index in [2.05, 4.69) is 10.1 Å². The van der Waals surface area contributed by atoms with E-state index in [1.165, 1.54) is 18.2 Å². The quantitative estimate of drug-likeness (QED) is 0.862. The molecule has 2 aromatic carbocycles. The van der Waals surface area contributed by atoms with Gasteiger partial charge in [-0.2, -0.15) is 8.78 Å². The average molecular weight is 307 g/mol. The number of hydrogen-bond acceptors (Lipinski definition) is 3. The lowest BCUT2D eigenvalue weighted by molar-refractivity contribution is -0.0498. The summed E-state index contributed by atoms with van der Waals surface area (Å²) in [7, 11) is 0. The number of aryl methyl sites for hydroxylation is 2. The first-order chi connectivity index (χ1) is 10.4. The van der Waals surface area contributed by atoms with Crippen LogP contribution in [0.5, 0.6) is 5.75 Å². The number of ether oxygens (including phenoxy) is 1. The zero-order chi connectivity index (χ0) is 16.3. The molecule has 0 radical (unpaired) electrons. The zero-order valence-corrected chi connectivity index (χ0v) is 12.1. The van der Waals surface area contributed by atoms with E-state index in [9.17, 15) is 18.7 Å². The Morgan fingerprint density at radius 3 is 2.45 bits per heavy atom. The molecular weight excluding hydrogens is 292 g/mol. The summed E-state index contributed by atoms with van der Waals surface area (Å²) in [5.41, 5.74) is 2.84. The summed E-state index contributed by atoms with van der Waals surface area (Å²) >= 11 is 0. The van der Waals surface area contributed by atoms with Gasteiger partial charge < -0.3 is 15.2 Å². The number of aromatic carboxylic acids is 1. The van der Waals surface area contributed by atoms with Gasteiger partial charge in [0.15, 0.2) is 0 Å². The first-order valence-electron chi connectivity index (χ1n) is 6.53. The molecule has 0 fully saturated rings. The van der Waals surface area contributed by atoms with E-state index in [4.69, 9.17) is 0 Å². The number of halogens is 2. The molecule has 0 atom stereocenters. The summed E-state index contributed by atoms with van der Waals surface area (Å²) in [4.78, 5) is 11.3. The molecule has 2 N–H and O–H groups in total. The van der Waals surface area contributed by atoms with E-state index in [0.29, 0.717) is 5.69 Å². The molecule has 0 heterocycles. The summed E-state index contributed by atoms with van der Waals surface area (Å²) in [5.74, 6) is -1.26. The van der Waals surface area contributed by atoms with Crippen LogP contribution in [0.4, 0.5) is 20.2 Å². The van der Waals surface area contributed by atoms with Crippen LogP contribution in [0.1, 0.15) is 21.5 Å². The fraction of sp³-hybridized carbons (Fsp3) is 0.188. The monoisotopic (exact) mass is 307 g/mol. The zero-order valence-electron chi connectivity index (χ0n) is 12.1. The van der Waals surface area contributed by atoms with E-state index < -0.39 is 12.6 Å². The molecule has 0 amide bonds. The van der Waals surface area contributed by atoms with Crippen LogP contribution in [0.2, 0.25) is 0 Å². The summed E-state index contributed by atoms with van der Waals surface area (Å²) < 4.78 is 28.9. The number of carboxylic acids is 1. The second kappa shape index (κ2) is 6.43. The van der Waals surface area contributed by atoms with E-state index in [-0.39, 0.29) is 17.0 Å². The lowest BCUT2D eigenvalue weighted by atomic mass is 10.1. The van der Waals surface area contributed by atoms with Gasteiger partial charge in [-0.3, -0.25) is 0 Å². The number of alkyl halides is 2. The normalized spacial score (nSPS) is 10.6. The van der Waals surface area contributed by atoms with Gasteiger partial charge in [0, 0.05) is 11.8 Å². The number of benzene rings is 2. The Hall–Kier alpha value is -2.63. The lowest BCUT2D eigenvalue weighted by Crippen LogP contribution is -2.06. The molecule has 0 aliphatic heterocycles. The number of carbonyl (C=O) groups is 1. The molecule has 0 unspecified atom stereocenters. The molecule has 2 rings (SSSR count). The van der Waals surface area contributed by atoms with Crippen molar-refractivity contribution in [3.05, 3.63) is 53.1 Å². The van der Waals surface area contributed by atoms with Crippen molar-refractivity contribution in [2.45, 2.75) is 20.5 Å². The van der Waals surface area contributed by atoms with Gasteiger partial charge in [0.25, 0.3) is 0 Å². The van der Waals surface area contributed by atoms with Gasteiger partial charge in [0.2, 0.25) is 0 Å². The third-order valence-corrected chi connectivity index (χ3v) is 3.10. The molecule has 0 saturated heterocycles. The van der Waals surface area contributed by atoms with E-state index in [1.807, 2.05) is 26.0 Å². The molecule has 22 heavy (non-hydrogen) atoms. The fourth-order valence-corrected chi connectivity index (χ4v) is 2.09. The fourth-order valence-electron chi connectivity index (χ4n) is 2.09. The van der Waals surface area contributed by atoms with Crippen LogP contribution in [0.3, 0.4) is 0 Å². The van der Waals surface area contributed by atoms with Crippen molar-refractivity contribution in [1.29, 1.82) is 0 Å². The highest BCUT2D eigenvalue weighted by atomic mass is 19.3. The highest BCUT2D eigenvalue weighted by molar-refractivity contribution is 5.95. The number of rotatable bonds is 5. The number of anilines is 2. The Morgan fingerprint density at radius 2 is 1.86 bits per heavy atom. The summed E-state index contributed by atoms with van der Waals surface area (Å²) in [6.07, 6.45) is 0. The van der Waals surface area contributed by atoms with Crippen molar-refractivity contribution < 1.29 is 23.4 Å². The third kappa shape index (κ3) is 3.72. The van der Waals surface area contributed by atoms with Crippen LogP contribution in [-0.2, 0) is 0 Å². The topological polar surface area (TPSA) is 58.6 Å². The van der Waals surface area contributed by atoms with Gasteiger partial charge in [-0.15, -0.1) is 0 Å². The minimum Gasteiger partial charge on any atom is -0.478 e. The molecule has 2 aromatic rings. The third-order valence-electron chi connectivity index (χ3n) is 3.10. The Balaban J connectivity index is 2.40. The average Bonchev–Trinajstić information content (AvgIpc) is 2.41. The maximum atomic E-state index is 12.3. The number of nitrogens with one attached hydrogen (secondary N) is 1. The first kappa shape index (κ1) is 15.8. The van der Waals surface area contributed by atoms with E-state index >= 15 is 0 Å². The smallest absolute Gasteiger partial charge is 0.387 e. The van der Waals surface area contributed by atoms with Gasteiger partial charge in [-0.1, -0.05) is 17.7 Å². The number of hydrogen-bond donors (Lipinski definition) is 2. The van der Waals surface area contributed by atoms with Crippen LogP contribution < -0.4 is 10.1 Å². The van der Waals surface area contributed by atoms with Crippen LogP contribution >= 0.6 is 0 Å². The van der Waals surface area contributed by atoms with Gasteiger partial charge in [-0.25, -0.2) is 4.79 Å². The van der Waals surface area contributed by atoms with Crippen molar-refractivity contribution in [2.24, 2.45) is 0 Å². The Labute approximate surface area is 126 Å². The Morgan fingerprint density at radius 1 is 1.14 bits per heavy atom. The highest BCUT2D eigenvalue weighted by Crippen LogP contribution is 2.28. The molecule has 0 aromatic heterocycles. The summed E-state index contributed by atoms with van der Waals surface area (Å²) in [6, 6.07) is 9.28. The summed E-state index contributed by atoms with van der Waals surface area (Å²) in [6.45, 7) is 0.843. The van der Waals surface area contributed by atoms with Crippen molar-refractivity contribution >= 4 is 17.3 Å². The molecule has 0 aliphatic carbocycles. The van der Waals surface area contributed by atoms with Gasteiger partial charge in [-0.05, 0) is 37.6 Å². The van der Waals surface area contributed by atoms with Gasteiger partial charge in [0.1, 0.15) is 5.75 Å². The minimum absolute atomic E-state index is 0.0263. The van der Waals surface area contributed by atoms with Gasteiger partial charge in [0.05, 0.1) is 11.3 Å². The predicted molar refractivity (Wildman–Crippen MR) is 79.2 cm³/mol.